The van der Waals surface area contributed by atoms with Gasteiger partial charge in [0.1, 0.15) is 12.4 Å². The Kier molecular flexibility index (Phi) is 10.4. The molecule has 3 N–H and O–H groups in total. The maximum Gasteiger partial charge on any atom is 0.338 e. The Bertz CT molecular complexity index is 1320. The quantitative estimate of drug-likeness (QED) is 0.129. The van der Waals surface area contributed by atoms with E-state index in [0.29, 0.717) is 33.3 Å². The number of hydrazone groups is 1. The number of ether oxygens (including phenoxy) is 3. The molecule has 0 aliphatic carbocycles. The third kappa shape index (κ3) is 7.38. The summed E-state index contributed by atoms with van der Waals surface area (Å²) in [5, 5.41) is 10.8. The normalized spacial score (nSPS) is 14.8. The van der Waals surface area contributed by atoms with Crippen LogP contribution < -0.4 is 25.5 Å². The lowest BCUT2D eigenvalue weighted by atomic mass is 9.95. The molecule has 2 aromatic rings. The molecule has 1 aliphatic rings. The van der Waals surface area contributed by atoms with Crippen molar-refractivity contribution in [1.82, 2.24) is 16.1 Å². The van der Waals surface area contributed by atoms with Gasteiger partial charge in [-0.05, 0) is 49.8 Å². The molecular formula is C26H24Cl2N4O5S. The van der Waals surface area contributed by atoms with Crippen molar-refractivity contribution < 1.29 is 23.8 Å². The zero-order chi connectivity index (χ0) is 27.7. The molecule has 0 fully saturated rings. The topological polar surface area (TPSA) is 110 Å². The number of terminal acetylenes is 1. The van der Waals surface area contributed by atoms with Crippen molar-refractivity contribution >= 4 is 58.6 Å². The number of esters is 1. The molecule has 0 spiro atoms. The van der Waals surface area contributed by atoms with Crippen molar-refractivity contribution in [1.29, 1.82) is 0 Å². The molecule has 1 heterocycles. The predicted molar refractivity (Wildman–Crippen MR) is 149 cm³/mol. The van der Waals surface area contributed by atoms with Crippen molar-refractivity contribution in [2.24, 2.45) is 5.10 Å². The predicted octanol–water partition coefficient (Wildman–Crippen LogP) is 3.89. The molecule has 12 heteroatoms. The van der Waals surface area contributed by atoms with E-state index in [1.807, 2.05) is 0 Å². The van der Waals surface area contributed by atoms with Crippen molar-refractivity contribution in [3.63, 3.8) is 0 Å². The SMILES string of the molecule is C#CCOc1c(Cl)cc(C=NNC(=O)COc2ccccc2[C@@H]2NC(=S)NC(C)=C2C(=O)OCC)cc1Cl. The van der Waals surface area contributed by atoms with Crippen LogP contribution in [0.15, 0.2) is 52.8 Å². The van der Waals surface area contributed by atoms with Crippen LogP contribution in [0.4, 0.5) is 0 Å². The summed E-state index contributed by atoms with van der Waals surface area (Å²) in [6, 6.07) is 9.49. The number of carbonyl (C=O) groups is 2. The molecule has 0 saturated heterocycles. The van der Waals surface area contributed by atoms with Crippen LogP contribution in [0.25, 0.3) is 0 Å². The Morgan fingerprint density at radius 2 is 1.95 bits per heavy atom. The van der Waals surface area contributed by atoms with Crippen LogP contribution >= 0.6 is 35.4 Å². The second-order valence-electron chi connectivity index (χ2n) is 7.72. The van der Waals surface area contributed by atoms with Crippen LogP contribution in [0, 0.1) is 12.3 Å². The lowest BCUT2D eigenvalue weighted by Gasteiger charge is -2.30. The maximum absolute atomic E-state index is 12.7. The van der Waals surface area contributed by atoms with Crippen LogP contribution in [0.3, 0.4) is 0 Å². The van der Waals surface area contributed by atoms with Gasteiger partial charge in [-0.1, -0.05) is 47.3 Å². The molecule has 0 aromatic heterocycles. The van der Waals surface area contributed by atoms with Crippen LogP contribution in [-0.2, 0) is 14.3 Å². The summed E-state index contributed by atoms with van der Waals surface area (Å²) in [6.07, 6.45) is 6.55. The summed E-state index contributed by atoms with van der Waals surface area (Å²) in [7, 11) is 0. The Hall–Kier alpha value is -3.78. The van der Waals surface area contributed by atoms with Crippen LogP contribution in [0.5, 0.6) is 11.5 Å². The lowest BCUT2D eigenvalue weighted by molar-refractivity contribution is -0.139. The number of allylic oxidation sites excluding steroid dienone is 1. The molecule has 2 aromatic carbocycles. The Labute approximate surface area is 235 Å². The maximum atomic E-state index is 12.7. The summed E-state index contributed by atoms with van der Waals surface area (Å²) >= 11 is 17.6. The number of carbonyl (C=O) groups excluding carboxylic acids is 2. The average molecular weight is 575 g/mol. The summed E-state index contributed by atoms with van der Waals surface area (Å²) in [5.74, 6) is 1.97. The minimum atomic E-state index is -0.637. The molecule has 3 rings (SSSR count). The highest BCUT2D eigenvalue weighted by Gasteiger charge is 2.32. The smallest absolute Gasteiger partial charge is 0.338 e. The monoisotopic (exact) mass is 574 g/mol. The van der Waals surface area contributed by atoms with E-state index >= 15 is 0 Å². The second-order valence-corrected chi connectivity index (χ2v) is 8.94. The number of benzene rings is 2. The highest BCUT2D eigenvalue weighted by molar-refractivity contribution is 7.80. The van der Waals surface area contributed by atoms with Gasteiger partial charge < -0.3 is 24.8 Å². The first-order valence-electron chi connectivity index (χ1n) is 11.3. The first-order valence-corrected chi connectivity index (χ1v) is 12.5. The second kappa shape index (κ2) is 13.7. The molecule has 1 aliphatic heterocycles. The van der Waals surface area contributed by atoms with Gasteiger partial charge in [0.05, 0.1) is 34.5 Å². The minimum absolute atomic E-state index is 0.0203. The number of hydrogen-bond acceptors (Lipinski definition) is 7. The number of para-hydroxylation sites is 1. The van der Waals surface area contributed by atoms with E-state index in [0.717, 1.165) is 0 Å². The van der Waals surface area contributed by atoms with Gasteiger partial charge >= 0.3 is 5.97 Å². The number of thiocarbonyl (C=S) groups is 1. The fraction of sp³-hybridized carbons (Fsp3) is 0.231. The summed E-state index contributed by atoms with van der Waals surface area (Å²) in [4.78, 5) is 25.1. The van der Waals surface area contributed by atoms with Crippen LogP contribution in [0.1, 0.15) is 31.0 Å². The molecule has 1 atom stereocenters. The van der Waals surface area contributed by atoms with Gasteiger partial charge in [-0.2, -0.15) is 5.10 Å². The van der Waals surface area contributed by atoms with E-state index in [-0.39, 0.29) is 35.6 Å². The van der Waals surface area contributed by atoms with Gasteiger partial charge in [-0.3, -0.25) is 4.79 Å². The van der Waals surface area contributed by atoms with E-state index < -0.39 is 17.9 Å². The number of halogens is 2. The first-order chi connectivity index (χ1) is 18.2. The number of nitrogens with one attached hydrogen (secondary N) is 3. The van der Waals surface area contributed by atoms with Crippen molar-refractivity contribution in [2.45, 2.75) is 19.9 Å². The van der Waals surface area contributed by atoms with E-state index in [4.69, 9.17) is 56.1 Å². The standard InChI is InChI=1S/C26H24Cl2N4O5S/c1-4-10-36-24-18(27)11-16(12-19(24)28)13-29-32-21(33)14-37-20-9-7-6-8-17(20)23-22(25(34)35-5-2)15(3)30-26(38)31-23/h1,6-9,11-13,23H,5,10,14H2,2-3H3,(H,32,33)(H2,30,31,38)/t23-/m0/s1. The Balaban J connectivity index is 1.68. The summed E-state index contributed by atoms with van der Waals surface area (Å²) < 4.78 is 16.3. The molecular weight excluding hydrogens is 551 g/mol. The largest absolute Gasteiger partial charge is 0.483 e. The van der Waals surface area contributed by atoms with Crippen molar-refractivity contribution in [3.8, 4) is 23.8 Å². The number of amides is 1. The highest BCUT2D eigenvalue weighted by atomic mass is 35.5. The molecule has 9 nitrogen and oxygen atoms in total. The lowest BCUT2D eigenvalue weighted by Crippen LogP contribution is -2.45. The Morgan fingerprint density at radius 1 is 1.24 bits per heavy atom. The molecule has 38 heavy (non-hydrogen) atoms. The molecule has 0 unspecified atom stereocenters. The zero-order valence-electron chi connectivity index (χ0n) is 20.5. The summed E-state index contributed by atoms with van der Waals surface area (Å²) in [6.45, 7) is 3.35. The number of rotatable bonds is 10. The van der Waals surface area contributed by atoms with Gasteiger partial charge in [0.25, 0.3) is 5.91 Å². The first kappa shape index (κ1) is 28.8. The molecule has 0 radical (unpaired) electrons. The van der Waals surface area contributed by atoms with E-state index in [2.05, 4.69) is 27.1 Å². The van der Waals surface area contributed by atoms with Crippen molar-refractivity contribution in [2.75, 3.05) is 19.8 Å². The fourth-order valence-corrected chi connectivity index (χ4v) is 4.40. The van der Waals surface area contributed by atoms with Gasteiger partial charge in [0, 0.05) is 11.3 Å². The molecule has 0 saturated carbocycles. The molecule has 0 bridgehead atoms. The summed E-state index contributed by atoms with van der Waals surface area (Å²) in [5.41, 5.74) is 4.43. The van der Waals surface area contributed by atoms with Gasteiger partial charge in [-0.25, -0.2) is 10.2 Å². The average Bonchev–Trinajstić information content (AvgIpc) is 2.87. The van der Waals surface area contributed by atoms with Crippen LogP contribution in [0.2, 0.25) is 10.0 Å². The number of hydrogen-bond donors (Lipinski definition) is 3. The van der Waals surface area contributed by atoms with Crippen LogP contribution in [-0.4, -0.2) is 43.0 Å². The van der Waals surface area contributed by atoms with Gasteiger partial charge in [0.15, 0.2) is 17.5 Å². The van der Waals surface area contributed by atoms with Gasteiger partial charge in [-0.15, -0.1) is 6.42 Å². The Morgan fingerprint density at radius 3 is 2.63 bits per heavy atom. The molecule has 198 valence electrons. The third-order valence-electron chi connectivity index (χ3n) is 5.08. The van der Waals surface area contributed by atoms with E-state index in [1.165, 1.54) is 6.21 Å². The highest BCUT2D eigenvalue weighted by Crippen LogP contribution is 2.34. The van der Waals surface area contributed by atoms with Gasteiger partial charge in [0.2, 0.25) is 0 Å². The third-order valence-corrected chi connectivity index (χ3v) is 5.86. The van der Waals surface area contributed by atoms with E-state index in [9.17, 15) is 9.59 Å². The number of nitrogens with zero attached hydrogens (tertiary/aromatic N) is 1. The van der Waals surface area contributed by atoms with E-state index in [1.54, 1.807) is 50.2 Å². The van der Waals surface area contributed by atoms with Crippen molar-refractivity contribution in [3.05, 3.63) is 68.8 Å². The molecule has 1 amide bonds. The zero-order valence-corrected chi connectivity index (χ0v) is 22.8. The minimum Gasteiger partial charge on any atom is -0.483 e. The fourth-order valence-electron chi connectivity index (χ4n) is 3.52.